The van der Waals surface area contributed by atoms with Gasteiger partial charge >= 0.3 is 0 Å². The van der Waals surface area contributed by atoms with Gasteiger partial charge in [0.2, 0.25) is 0 Å². The first-order valence-corrected chi connectivity index (χ1v) is 9.01. The molecule has 134 valence electrons. The molecule has 1 heterocycles. The summed E-state index contributed by atoms with van der Waals surface area (Å²) in [5, 5.41) is 1.35. The number of aromatic nitrogens is 1. The molecule has 5 rings (SSSR count). The third-order valence-electron chi connectivity index (χ3n) is 6.73. The summed E-state index contributed by atoms with van der Waals surface area (Å²) >= 11 is 0. The van der Waals surface area contributed by atoms with Crippen LogP contribution in [0.4, 0.5) is 0 Å². The highest BCUT2D eigenvalue weighted by atomic mass is 16.7. The summed E-state index contributed by atoms with van der Waals surface area (Å²) in [6.45, 7) is 4.25. The molecule has 2 bridgehead atoms. The number of fused-ring (bicyclic) bond motifs is 1. The summed E-state index contributed by atoms with van der Waals surface area (Å²) in [7, 11) is 4.93. The molecule has 0 N–H and O–H groups in total. The lowest BCUT2D eigenvalue weighted by Gasteiger charge is -2.46. The van der Waals surface area contributed by atoms with Crippen LogP contribution >= 0.6 is 0 Å². The van der Waals surface area contributed by atoms with E-state index in [2.05, 4.69) is 32.1 Å². The number of hydrogen-bond acceptors (Lipinski definition) is 4. The minimum absolute atomic E-state index is 0.00604. The van der Waals surface area contributed by atoms with E-state index in [4.69, 9.17) is 14.6 Å². The fraction of sp³-hybridized carbons (Fsp3) is 0.600. The van der Waals surface area contributed by atoms with Gasteiger partial charge in [-0.25, -0.2) is 5.06 Å². The zero-order chi connectivity index (χ0) is 18.0. The number of carbonyl (C=O) groups is 1. The Morgan fingerprint density at radius 1 is 1.40 bits per heavy atom. The second-order valence-corrected chi connectivity index (χ2v) is 7.62. The van der Waals surface area contributed by atoms with E-state index < -0.39 is 11.0 Å². The molecule has 3 saturated carbocycles. The molecule has 0 radical (unpaired) electrons. The second kappa shape index (κ2) is 5.39. The number of methoxy groups -OCH3 is 1. The Bertz CT molecular complexity index is 766. The molecule has 1 aromatic heterocycles. The average Bonchev–Trinajstić information content (AvgIpc) is 3.05. The summed E-state index contributed by atoms with van der Waals surface area (Å²) in [4.78, 5) is 23.3. The predicted molar refractivity (Wildman–Crippen MR) is 94.8 cm³/mol. The zero-order valence-corrected chi connectivity index (χ0v) is 15.6. The molecule has 5 heteroatoms. The maximum Gasteiger partial charge on any atom is 0.255 e. The fourth-order valence-electron chi connectivity index (χ4n) is 5.49. The van der Waals surface area contributed by atoms with Gasteiger partial charge in [0.25, 0.3) is 5.91 Å². The van der Waals surface area contributed by atoms with Crippen LogP contribution in [0.25, 0.3) is 6.08 Å². The lowest BCUT2D eigenvalue weighted by Crippen LogP contribution is -2.56. The quantitative estimate of drug-likeness (QED) is 0.790. The molecular weight excluding hydrogens is 316 g/mol. The first kappa shape index (κ1) is 16.7. The molecule has 5 nitrogen and oxygen atoms in total. The lowest BCUT2D eigenvalue weighted by atomic mass is 9.64. The molecule has 2 atom stereocenters. The summed E-state index contributed by atoms with van der Waals surface area (Å²) in [6.07, 6.45) is 6.78. The van der Waals surface area contributed by atoms with E-state index in [1.807, 2.05) is 0 Å². The third-order valence-corrected chi connectivity index (χ3v) is 6.73. The molecular formula is C20H26N2O3. The van der Waals surface area contributed by atoms with Crippen LogP contribution < -0.4 is 0 Å². The molecule has 4 aliphatic rings. The van der Waals surface area contributed by atoms with Crippen LogP contribution in [0.3, 0.4) is 0 Å². The van der Waals surface area contributed by atoms with E-state index in [9.17, 15) is 4.79 Å². The van der Waals surface area contributed by atoms with Crippen LogP contribution in [0.2, 0.25) is 0 Å². The van der Waals surface area contributed by atoms with Crippen LogP contribution in [0.1, 0.15) is 48.2 Å². The minimum atomic E-state index is -0.623. The number of carbonyl (C=O) groups excluding carboxylic acids is 1. The molecule has 0 aromatic carbocycles. The first-order chi connectivity index (χ1) is 11.9. The van der Waals surface area contributed by atoms with E-state index in [0.717, 1.165) is 30.7 Å². The van der Waals surface area contributed by atoms with Crippen LogP contribution in [0, 0.1) is 18.3 Å². The summed E-state index contributed by atoms with van der Waals surface area (Å²) in [6, 6.07) is 2.22. The SMILES string of the molecule is CCc1nc2c(cc1C)C=C[C@]1(OC)[C@H]2C2CC1(C(=O)N(C)OC)C2. The van der Waals surface area contributed by atoms with E-state index in [1.54, 1.807) is 14.2 Å². The lowest BCUT2D eigenvalue weighted by molar-refractivity contribution is -0.196. The maximum atomic E-state index is 13.1. The molecule has 0 spiro atoms. The molecule has 3 fully saturated rings. The third kappa shape index (κ3) is 1.86. The van der Waals surface area contributed by atoms with E-state index in [1.165, 1.54) is 23.3 Å². The molecule has 25 heavy (non-hydrogen) atoms. The Morgan fingerprint density at radius 2 is 2.12 bits per heavy atom. The van der Waals surface area contributed by atoms with Crippen LogP contribution in [-0.2, 0) is 20.8 Å². The van der Waals surface area contributed by atoms with Crippen LogP contribution in [0.15, 0.2) is 12.1 Å². The van der Waals surface area contributed by atoms with Crippen molar-refractivity contribution in [3.63, 3.8) is 0 Å². The predicted octanol–water partition coefficient (Wildman–Crippen LogP) is 2.88. The van der Waals surface area contributed by atoms with E-state index in [-0.39, 0.29) is 11.8 Å². The van der Waals surface area contributed by atoms with Gasteiger partial charge in [0.15, 0.2) is 0 Å². The Kier molecular flexibility index (Phi) is 3.61. The van der Waals surface area contributed by atoms with Gasteiger partial charge in [0, 0.05) is 25.8 Å². The topological polar surface area (TPSA) is 51.7 Å². The van der Waals surface area contributed by atoms with Gasteiger partial charge < -0.3 is 4.74 Å². The van der Waals surface area contributed by atoms with Gasteiger partial charge in [-0.2, -0.15) is 0 Å². The smallest absolute Gasteiger partial charge is 0.255 e. The van der Waals surface area contributed by atoms with Crippen LogP contribution in [-0.4, -0.2) is 42.8 Å². The number of nitrogens with zero attached hydrogens (tertiary/aromatic N) is 2. The number of hydrogen-bond donors (Lipinski definition) is 0. The monoisotopic (exact) mass is 342 g/mol. The van der Waals surface area contributed by atoms with Crippen molar-refractivity contribution in [2.24, 2.45) is 11.3 Å². The second-order valence-electron chi connectivity index (χ2n) is 7.62. The Labute approximate surface area is 149 Å². The summed E-state index contributed by atoms with van der Waals surface area (Å²) in [5.74, 6) is 0.571. The number of pyridine rings is 1. The molecule has 4 aliphatic carbocycles. The highest BCUT2D eigenvalue weighted by Gasteiger charge is 2.76. The number of amides is 1. The molecule has 1 amide bonds. The summed E-state index contributed by atoms with van der Waals surface area (Å²) in [5.41, 5.74) is 3.46. The zero-order valence-electron chi connectivity index (χ0n) is 15.6. The van der Waals surface area contributed by atoms with Gasteiger partial charge in [0.05, 0.1) is 18.2 Å². The summed E-state index contributed by atoms with van der Waals surface area (Å²) < 4.78 is 6.11. The van der Waals surface area contributed by atoms with Crippen molar-refractivity contribution in [3.05, 3.63) is 34.7 Å². The van der Waals surface area contributed by atoms with Gasteiger partial charge in [-0.1, -0.05) is 19.1 Å². The van der Waals surface area contributed by atoms with Crippen molar-refractivity contribution >= 4 is 12.0 Å². The van der Waals surface area contributed by atoms with Crippen molar-refractivity contribution in [1.29, 1.82) is 0 Å². The van der Waals surface area contributed by atoms with E-state index in [0.29, 0.717) is 5.92 Å². The largest absolute Gasteiger partial charge is 0.372 e. The number of aryl methyl sites for hydroxylation is 2. The van der Waals surface area contributed by atoms with Crippen LogP contribution in [0.5, 0.6) is 0 Å². The highest BCUT2D eigenvalue weighted by Crippen LogP contribution is 2.73. The minimum Gasteiger partial charge on any atom is -0.372 e. The molecule has 0 unspecified atom stereocenters. The van der Waals surface area contributed by atoms with Crippen molar-refractivity contribution in [2.45, 2.75) is 44.6 Å². The van der Waals surface area contributed by atoms with Crippen molar-refractivity contribution in [3.8, 4) is 0 Å². The van der Waals surface area contributed by atoms with Gasteiger partial charge in [-0.15, -0.1) is 0 Å². The molecule has 0 aliphatic heterocycles. The molecule has 0 saturated heterocycles. The Hall–Kier alpha value is -1.72. The Balaban J connectivity index is 1.85. The average molecular weight is 342 g/mol. The molecule has 1 aromatic rings. The highest BCUT2D eigenvalue weighted by molar-refractivity contribution is 5.87. The standard InChI is InChI=1S/C20H26N2O3/c1-6-15-12(2)9-13-7-8-20(24-4)16(17(13)21-15)14-10-19(20,11-14)18(23)22(3)25-5/h7-9,14,16H,6,10-11H2,1-5H3/t14?,16-,19?,20-/m0/s1. The normalized spacial score (nSPS) is 34.3. The van der Waals surface area contributed by atoms with Crippen molar-refractivity contribution in [2.75, 3.05) is 21.3 Å². The Morgan fingerprint density at radius 3 is 2.72 bits per heavy atom. The van der Waals surface area contributed by atoms with Gasteiger partial charge in [-0.3, -0.25) is 14.6 Å². The first-order valence-electron chi connectivity index (χ1n) is 9.01. The van der Waals surface area contributed by atoms with Gasteiger partial charge in [0.1, 0.15) is 5.60 Å². The van der Waals surface area contributed by atoms with Gasteiger partial charge in [-0.05, 0) is 49.3 Å². The van der Waals surface area contributed by atoms with Crippen molar-refractivity contribution in [1.82, 2.24) is 10.0 Å². The fourth-order valence-corrected chi connectivity index (χ4v) is 5.49. The number of ether oxygens (including phenoxy) is 1. The number of rotatable bonds is 4. The number of hydroxylamine groups is 2. The maximum absolute atomic E-state index is 13.1. The van der Waals surface area contributed by atoms with E-state index >= 15 is 0 Å². The van der Waals surface area contributed by atoms with Crippen molar-refractivity contribution < 1.29 is 14.4 Å².